The van der Waals surface area contributed by atoms with Gasteiger partial charge in [-0.25, -0.2) is 0 Å². The third-order valence-corrected chi connectivity index (χ3v) is 4.32. The molecule has 0 radical (unpaired) electrons. The molecule has 2 aliphatic heterocycles. The van der Waals surface area contributed by atoms with Crippen LogP contribution in [-0.4, -0.2) is 56.2 Å². The molecule has 0 N–H and O–H groups in total. The summed E-state index contributed by atoms with van der Waals surface area (Å²) in [6.45, 7) is 1.62. The van der Waals surface area contributed by atoms with Crippen molar-refractivity contribution in [1.29, 1.82) is 0 Å². The van der Waals surface area contributed by atoms with E-state index in [0.29, 0.717) is 29.9 Å². The Hall–Kier alpha value is -2.61. The van der Waals surface area contributed by atoms with Crippen LogP contribution in [0.3, 0.4) is 0 Å². The van der Waals surface area contributed by atoms with E-state index in [2.05, 4.69) is 15.4 Å². The van der Waals surface area contributed by atoms with Crippen molar-refractivity contribution in [2.75, 3.05) is 13.2 Å². The van der Waals surface area contributed by atoms with E-state index in [9.17, 15) is 9.59 Å². The van der Waals surface area contributed by atoms with Gasteiger partial charge in [-0.3, -0.25) is 14.5 Å². The molecule has 24 heavy (non-hydrogen) atoms. The minimum Gasteiger partial charge on any atom is -0.376 e. The highest BCUT2D eigenvalue weighted by Gasteiger charge is 2.34. The maximum Gasteiger partial charge on any atom is 0.261 e. The van der Waals surface area contributed by atoms with Crippen molar-refractivity contribution < 1.29 is 14.3 Å². The highest BCUT2D eigenvalue weighted by atomic mass is 16.5. The summed E-state index contributed by atoms with van der Waals surface area (Å²) >= 11 is 0. The average Bonchev–Trinajstić information content (AvgIpc) is 3.31. The monoisotopic (exact) mass is 327 g/mol. The van der Waals surface area contributed by atoms with Crippen molar-refractivity contribution in [3.05, 3.63) is 41.2 Å². The molecule has 2 aromatic rings. The highest BCUT2D eigenvalue weighted by molar-refractivity contribution is 6.21. The molecule has 1 fully saturated rings. The maximum atomic E-state index is 12.3. The van der Waals surface area contributed by atoms with Crippen LogP contribution < -0.4 is 0 Å². The predicted octanol–water partition coefficient (Wildman–Crippen LogP) is 0.691. The van der Waals surface area contributed by atoms with E-state index < -0.39 is 0 Å². The number of amides is 2. The molecule has 2 amide bonds. The number of tetrazole rings is 1. The number of hydrogen-bond donors (Lipinski definition) is 0. The molecule has 1 saturated heterocycles. The lowest BCUT2D eigenvalue weighted by molar-refractivity contribution is 0.0655. The quantitative estimate of drug-likeness (QED) is 0.751. The van der Waals surface area contributed by atoms with Gasteiger partial charge in [0.1, 0.15) is 0 Å². The summed E-state index contributed by atoms with van der Waals surface area (Å²) in [5.74, 6) is -0.00533. The van der Waals surface area contributed by atoms with E-state index in [1.54, 1.807) is 24.3 Å². The number of benzene rings is 1. The first-order chi connectivity index (χ1) is 11.7. The smallest absolute Gasteiger partial charge is 0.261 e. The van der Waals surface area contributed by atoms with Crippen LogP contribution in [0.5, 0.6) is 0 Å². The number of carbonyl (C=O) groups is 2. The molecule has 0 aliphatic carbocycles. The molecule has 0 unspecified atom stereocenters. The van der Waals surface area contributed by atoms with Crippen molar-refractivity contribution in [2.45, 2.75) is 31.9 Å². The summed E-state index contributed by atoms with van der Waals surface area (Å²) in [5.41, 5.74) is 0.912. The lowest BCUT2D eigenvalue weighted by atomic mass is 10.1. The summed E-state index contributed by atoms with van der Waals surface area (Å²) in [5, 5.41) is 12.3. The standard InChI is InChI=1S/C16H17N5O3/c22-15-12-5-1-2-6-13(12)16(23)20(15)8-7-14-17-19-21(18-14)10-11-4-3-9-24-11/h1-2,5-6,11H,3-4,7-10H2/t11-/m0/s1. The number of aromatic nitrogens is 4. The minimum absolute atomic E-state index is 0.142. The number of carbonyl (C=O) groups excluding carboxylic acids is 2. The van der Waals surface area contributed by atoms with Crippen LogP contribution in [0.15, 0.2) is 24.3 Å². The van der Waals surface area contributed by atoms with E-state index in [0.717, 1.165) is 19.4 Å². The first kappa shape index (κ1) is 14.9. The summed E-state index contributed by atoms with van der Waals surface area (Å²) in [7, 11) is 0. The SMILES string of the molecule is O=C1c2ccccc2C(=O)N1CCc1nnn(C[C@@H]2CCCO2)n1. The maximum absolute atomic E-state index is 12.3. The van der Waals surface area contributed by atoms with Crippen LogP contribution in [0.25, 0.3) is 0 Å². The van der Waals surface area contributed by atoms with Gasteiger partial charge in [0.2, 0.25) is 0 Å². The fourth-order valence-electron chi connectivity index (χ4n) is 3.08. The molecule has 8 heteroatoms. The molecule has 124 valence electrons. The number of nitrogens with zero attached hydrogens (tertiary/aromatic N) is 5. The molecular formula is C16H17N5O3. The third kappa shape index (κ3) is 2.69. The Kier molecular flexibility index (Phi) is 3.81. The normalized spacial score (nSPS) is 20.0. The average molecular weight is 327 g/mol. The zero-order valence-electron chi connectivity index (χ0n) is 13.1. The van der Waals surface area contributed by atoms with E-state index in [-0.39, 0.29) is 24.5 Å². The van der Waals surface area contributed by atoms with Gasteiger partial charge in [0.25, 0.3) is 11.8 Å². The summed E-state index contributed by atoms with van der Waals surface area (Å²) in [4.78, 5) is 27.3. The molecule has 1 atom stereocenters. The van der Waals surface area contributed by atoms with E-state index >= 15 is 0 Å². The van der Waals surface area contributed by atoms with Crippen molar-refractivity contribution in [2.24, 2.45) is 0 Å². The Morgan fingerprint density at radius 2 is 1.92 bits per heavy atom. The fraction of sp³-hybridized carbons (Fsp3) is 0.438. The Morgan fingerprint density at radius 1 is 1.17 bits per heavy atom. The van der Waals surface area contributed by atoms with Gasteiger partial charge >= 0.3 is 0 Å². The molecule has 1 aromatic heterocycles. The predicted molar refractivity (Wildman–Crippen MR) is 82.3 cm³/mol. The van der Waals surface area contributed by atoms with Gasteiger partial charge in [0.05, 0.1) is 23.8 Å². The molecular weight excluding hydrogens is 310 g/mol. The van der Waals surface area contributed by atoms with Gasteiger partial charge in [-0.2, -0.15) is 4.80 Å². The van der Waals surface area contributed by atoms with Crippen molar-refractivity contribution in [3.8, 4) is 0 Å². The molecule has 8 nitrogen and oxygen atoms in total. The summed E-state index contributed by atoms with van der Waals surface area (Å²) < 4.78 is 5.55. The second-order valence-corrected chi connectivity index (χ2v) is 5.95. The van der Waals surface area contributed by atoms with Gasteiger partial charge in [-0.15, -0.1) is 10.2 Å². The molecule has 0 bridgehead atoms. The minimum atomic E-state index is -0.262. The number of hydrogen-bond acceptors (Lipinski definition) is 6. The first-order valence-electron chi connectivity index (χ1n) is 8.06. The molecule has 1 aromatic carbocycles. The Labute approximate surface area is 138 Å². The molecule has 3 heterocycles. The molecule has 0 spiro atoms. The molecule has 2 aliphatic rings. The van der Waals surface area contributed by atoms with Gasteiger partial charge < -0.3 is 4.74 Å². The van der Waals surface area contributed by atoms with E-state index in [4.69, 9.17) is 4.74 Å². The zero-order chi connectivity index (χ0) is 16.5. The zero-order valence-corrected chi connectivity index (χ0v) is 13.1. The highest BCUT2D eigenvalue weighted by Crippen LogP contribution is 2.22. The summed E-state index contributed by atoms with van der Waals surface area (Å²) in [6, 6.07) is 6.86. The Morgan fingerprint density at radius 3 is 2.58 bits per heavy atom. The van der Waals surface area contributed by atoms with Crippen LogP contribution in [0.4, 0.5) is 0 Å². The van der Waals surface area contributed by atoms with Gasteiger partial charge in [-0.1, -0.05) is 12.1 Å². The molecule has 0 saturated carbocycles. The van der Waals surface area contributed by atoms with Crippen LogP contribution >= 0.6 is 0 Å². The van der Waals surface area contributed by atoms with E-state index in [1.807, 2.05) is 0 Å². The van der Waals surface area contributed by atoms with Crippen molar-refractivity contribution in [3.63, 3.8) is 0 Å². The van der Waals surface area contributed by atoms with Crippen LogP contribution in [0, 0.1) is 0 Å². The van der Waals surface area contributed by atoms with Crippen molar-refractivity contribution >= 4 is 11.8 Å². The number of ether oxygens (including phenoxy) is 1. The third-order valence-electron chi connectivity index (χ3n) is 4.32. The molecule has 4 rings (SSSR count). The van der Waals surface area contributed by atoms with Crippen LogP contribution in [0.2, 0.25) is 0 Å². The lowest BCUT2D eigenvalue weighted by Gasteiger charge is -2.11. The number of fused-ring (bicyclic) bond motifs is 1. The van der Waals surface area contributed by atoms with Crippen LogP contribution in [0.1, 0.15) is 39.4 Å². The number of rotatable bonds is 5. The second-order valence-electron chi connectivity index (χ2n) is 5.95. The lowest BCUT2D eigenvalue weighted by Crippen LogP contribution is -2.32. The number of imide groups is 1. The second kappa shape index (κ2) is 6.12. The largest absolute Gasteiger partial charge is 0.376 e. The topological polar surface area (TPSA) is 90.2 Å². The Balaban J connectivity index is 1.38. The first-order valence-corrected chi connectivity index (χ1v) is 8.06. The fourth-order valence-corrected chi connectivity index (χ4v) is 3.08. The van der Waals surface area contributed by atoms with Gasteiger partial charge in [-0.05, 0) is 30.2 Å². The van der Waals surface area contributed by atoms with Gasteiger partial charge in [0, 0.05) is 19.6 Å². The Bertz CT molecular complexity index is 747. The van der Waals surface area contributed by atoms with Gasteiger partial charge in [0.15, 0.2) is 5.82 Å². The van der Waals surface area contributed by atoms with Crippen LogP contribution in [-0.2, 0) is 17.7 Å². The van der Waals surface area contributed by atoms with E-state index in [1.165, 1.54) is 9.70 Å². The van der Waals surface area contributed by atoms with Crippen molar-refractivity contribution in [1.82, 2.24) is 25.1 Å². The summed E-state index contributed by atoms with van der Waals surface area (Å²) in [6.07, 6.45) is 2.60.